The molecule has 476 valence electrons. The highest BCUT2D eigenvalue weighted by molar-refractivity contribution is 6.17. The second kappa shape index (κ2) is 24.2. The van der Waals surface area contributed by atoms with Crippen molar-refractivity contribution in [2.45, 2.75) is 0 Å². The average Bonchev–Trinajstić information content (AvgIpc) is 1.25. The summed E-state index contributed by atoms with van der Waals surface area (Å²) < 4.78 is 9.58. The van der Waals surface area contributed by atoms with Crippen molar-refractivity contribution in [1.29, 1.82) is 0 Å². The van der Waals surface area contributed by atoms with Crippen molar-refractivity contribution in [3.8, 4) is 78.4 Å². The molecule has 102 heavy (non-hydrogen) atoms. The molecular formula is C98H64N4. The first-order valence-electron chi connectivity index (χ1n) is 35.1. The van der Waals surface area contributed by atoms with Crippen LogP contribution in [-0.2, 0) is 0 Å². The van der Waals surface area contributed by atoms with Crippen LogP contribution in [0.3, 0.4) is 0 Å². The van der Waals surface area contributed by atoms with E-state index in [4.69, 9.17) is 0 Å². The Balaban J connectivity index is 0.000000137. The molecule has 4 nitrogen and oxygen atoms in total. The molecule has 4 heteroatoms. The third-order valence-electron chi connectivity index (χ3n) is 21.0. The third-order valence-corrected chi connectivity index (χ3v) is 21.0. The molecule has 4 heterocycles. The molecule has 0 amide bonds. The van der Waals surface area contributed by atoms with Crippen molar-refractivity contribution in [1.82, 2.24) is 18.3 Å². The number of benzene rings is 17. The first-order chi connectivity index (χ1) is 50.6. The molecule has 0 radical (unpaired) electrons. The molecule has 0 saturated heterocycles. The molecule has 0 aliphatic heterocycles. The molecule has 0 unspecified atom stereocenters. The number of fused-ring (bicyclic) bond motifs is 15. The molecule has 0 atom stereocenters. The van der Waals surface area contributed by atoms with Gasteiger partial charge in [-0.3, -0.25) is 0 Å². The summed E-state index contributed by atoms with van der Waals surface area (Å²) in [6.07, 6.45) is 0. The minimum Gasteiger partial charge on any atom is -0.309 e. The van der Waals surface area contributed by atoms with Crippen LogP contribution < -0.4 is 0 Å². The smallest absolute Gasteiger partial charge is 0.0541 e. The maximum Gasteiger partial charge on any atom is 0.0541 e. The SMILES string of the molecule is c1ccc(-c2ccc(-n3c4ccccc4c4cc(-c5ccc6c(c5)c5ccccc5n6-c5ccccc5)ccc43)cc2-c2ccccc2)cc1.c1ccc(-n2c3ccccc3c3cc(-c4ccc5c(c4)c4ccccc4n5-c4ccc(-c5cc6ccccc6c6ccccc56)cc4)ccc32)cc1. The fourth-order valence-corrected chi connectivity index (χ4v) is 16.4. The summed E-state index contributed by atoms with van der Waals surface area (Å²) in [4.78, 5) is 0. The second-order valence-electron chi connectivity index (χ2n) is 26.7. The molecule has 21 rings (SSSR count). The average molecular weight is 1300 g/mol. The van der Waals surface area contributed by atoms with Gasteiger partial charge in [-0.2, -0.15) is 0 Å². The van der Waals surface area contributed by atoms with Gasteiger partial charge in [-0.25, -0.2) is 0 Å². The number of nitrogens with zero attached hydrogens (tertiary/aromatic N) is 4. The lowest BCUT2D eigenvalue weighted by molar-refractivity contribution is 1.18. The van der Waals surface area contributed by atoms with Gasteiger partial charge in [-0.05, 0) is 205 Å². The Morgan fingerprint density at radius 1 is 0.127 bits per heavy atom. The van der Waals surface area contributed by atoms with Crippen LogP contribution in [0, 0.1) is 0 Å². The van der Waals surface area contributed by atoms with Gasteiger partial charge in [0.1, 0.15) is 0 Å². The van der Waals surface area contributed by atoms with Crippen molar-refractivity contribution in [3.05, 3.63) is 388 Å². The summed E-state index contributed by atoms with van der Waals surface area (Å²) >= 11 is 0. The molecule has 0 fully saturated rings. The van der Waals surface area contributed by atoms with Crippen LogP contribution in [0.4, 0.5) is 0 Å². The molecule has 0 saturated carbocycles. The van der Waals surface area contributed by atoms with E-state index < -0.39 is 0 Å². The first kappa shape index (κ1) is 58.6. The second-order valence-corrected chi connectivity index (χ2v) is 26.7. The molecule has 0 bridgehead atoms. The largest absolute Gasteiger partial charge is 0.309 e. The number of para-hydroxylation sites is 6. The first-order valence-corrected chi connectivity index (χ1v) is 35.1. The highest BCUT2D eigenvalue weighted by atomic mass is 15.0. The normalized spacial score (nSPS) is 11.7. The Morgan fingerprint density at radius 2 is 0.412 bits per heavy atom. The van der Waals surface area contributed by atoms with Gasteiger partial charge < -0.3 is 18.3 Å². The summed E-state index contributed by atoms with van der Waals surface area (Å²) in [6, 6.07) is 141. The Bertz CT molecular complexity index is 6830. The Kier molecular flexibility index (Phi) is 13.9. The molecule has 21 aromatic rings. The lowest BCUT2D eigenvalue weighted by Crippen LogP contribution is -1.96. The minimum absolute atomic E-state index is 1.15. The van der Waals surface area contributed by atoms with E-state index in [1.807, 2.05) is 0 Å². The van der Waals surface area contributed by atoms with E-state index in [2.05, 4.69) is 407 Å². The van der Waals surface area contributed by atoms with Crippen molar-refractivity contribution < 1.29 is 0 Å². The van der Waals surface area contributed by atoms with Crippen LogP contribution in [0.2, 0.25) is 0 Å². The Labute approximate surface area is 590 Å². The fraction of sp³-hybridized carbons (Fsp3) is 0. The Hall–Kier alpha value is -13.5. The zero-order valence-corrected chi connectivity index (χ0v) is 55.7. The summed E-state index contributed by atoms with van der Waals surface area (Å²) in [5.41, 5.74) is 26.6. The highest BCUT2D eigenvalue weighted by Gasteiger charge is 2.21. The van der Waals surface area contributed by atoms with Crippen LogP contribution in [0.5, 0.6) is 0 Å². The van der Waals surface area contributed by atoms with Crippen LogP contribution in [0.15, 0.2) is 388 Å². The van der Waals surface area contributed by atoms with Crippen LogP contribution in [0.25, 0.3) is 187 Å². The zero-order valence-electron chi connectivity index (χ0n) is 55.7. The van der Waals surface area contributed by atoms with E-state index in [9.17, 15) is 0 Å². The van der Waals surface area contributed by atoms with E-state index in [0.717, 1.165) is 11.4 Å². The maximum atomic E-state index is 2.42. The fourth-order valence-electron chi connectivity index (χ4n) is 16.4. The monoisotopic (exact) mass is 1300 g/mol. The standard InChI is InChI=1S/C50H32N2.C48H32N2/c1-2-13-37(14-3-1)51-47-20-10-8-18-42(47)45-30-34(24-28-49(45)51)35-25-29-50-46(31-35)43-19-9-11-21-48(43)52(50)38-26-22-33(23-27-38)44-32-36-12-4-5-15-39(36)40-16-6-7-17-41(40)44;1-4-14-33(15-5-1)39-27-26-38(32-42(39)34-16-6-2-7-17-34)50-46-23-13-11-21-41(46)44-31-36(25-29-48(44)50)35-24-28-47-43(30-35)40-20-10-12-22-45(40)49(47)37-18-8-3-9-19-37/h1-32H;1-32H. The van der Waals surface area contributed by atoms with E-state index in [1.165, 1.54) is 176 Å². The molecule has 0 spiro atoms. The summed E-state index contributed by atoms with van der Waals surface area (Å²) in [5.74, 6) is 0. The summed E-state index contributed by atoms with van der Waals surface area (Å²) in [7, 11) is 0. The topological polar surface area (TPSA) is 19.7 Å². The number of hydrogen-bond acceptors (Lipinski definition) is 0. The summed E-state index contributed by atoms with van der Waals surface area (Å²) in [6.45, 7) is 0. The molecule has 17 aromatic carbocycles. The van der Waals surface area contributed by atoms with E-state index in [0.29, 0.717) is 0 Å². The Morgan fingerprint density at radius 3 is 0.833 bits per heavy atom. The van der Waals surface area contributed by atoms with Gasteiger partial charge in [0, 0.05) is 65.8 Å². The van der Waals surface area contributed by atoms with Crippen LogP contribution in [-0.4, -0.2) is 18.3 Å². The van der Waals surface area contributed by atoms with Gasteiger partial charge in [0.05, 0.1) is 44.1 Å². The predicted octanol–water partition coefficient (Wildman–Crippen LogP) is 26.4. The lowest BCUT2D eigenvalue weighted by atomic mass is 9.93. The molecule has 4 aromatic heterocycles. The minimum atomic E-state index is 1.15. The van der Waals surface area contributed by atoms with E-state index in [1.54, 1.807) is 0 Å². The van der Waals surface area contributed by atoms with E-state index in [-0.39, 0.29) is 0 Å². The van der Waals surface area contributed by atoms with Crippen molar-refractivity contribution in [2.75, 3.05) is 0 Å². The van der Waals surface area contributed by atoms with Gasteiger partial charge >= 0.3 is 0 Å². The van der Waals surface area contributed by atoms with E-state index >= 15 is 0 Å². The molecular weight excluding hydrogens is 1230 g/mol. The van der Waals surface area contributed by atoms with Crippen molar-refractivity contribution in [2.24, 2.45) is 0 Å². The van der Waals surface area contributed by atoms with Crippen molar-refractivity contribution >= 4 is 109 Å². The van der Waals surface area contributed by atoms with Crippen LogP contribution in [0.1, 0.15) is 0 Å². The van der Waals surface area contributed by atoms with Gasteiger partial charge in [0.25, 0.3) is 0 Å². The predicted molar refractivity (Wildman–Crippen MR) is 432 cm³/mol. The number of hydrogen-bond donors (Lipinski definition) is 0. The zero-order chi connectivity index (χ0) is 67.2. The summed E-state index contributed by atoms with van der Waals surface area (Å²) in [5, 5.41) is 15.2. The van der Waals surface area contributed by atoms with Crippen LogP contribution >= 0.6 is 0 Å². The molecule has 0 aliphatic carbocycles. The van der Waals surface area contributed by atoms with Gasteiger partial charge in [-0.15, -0.1) is 0 Å². The highest BCUT2D eigenvalue weighted by Crippen LogP contribution is 2.44. The molecule has 0 aliphatic rings. The number of rotatable bonds is 9. The van der Waals surface area contributed by atoms with Gasteiger partial charge in [-0.1, -0.05) is 261 Å². The lowest BCUT2D eigenvalue weighted by Gasteiger charge is -2.15. The maximum absolute atomic E-state index is 2.42. The molecule has 0 N–H and O–H groups in total. The third kappa shape index (κ3) is 9.68. The quantitative estimate of drug-likeness (QED) is 0.128. The van der Waals surface area contributed by atoms with Crippen molar-refractivity contribution in [3.63, 3.8) is 0 Å². The number of aromatic nitrogens is 4. The van der Waals surface area contributed by atoms with Gasteiger partial charge in [0.2, 0.25) is 0 Å². The van der Waals surface area contributed by atoms with Gasteiger partial charge in [0.15, 0.2) is 0 Å².